The second kappa shape index (κ2) is 7.08. The van der Waals surface area contributed by atoms with Gasteiger partial charge < -0.3 is 16.2 Å². The van der Waals surface area contributed by atoms with Crippen molar-refractivity contribution >= 4 is 5.91 Å². The largest absolute Gasteiger partial charge is 0.393 e. The molecule has 1 aromatic rings. The maximum atomic E-state index is 13.4. The quantitative estimate of drug-likeness (QED) is 0.639. The molecule has 1 unspecified atom stereocenters. The van der Waals surface area contributed by atoms with Crippen molar-refractivity contribution in [3.8, 4) is 0 Å². The Morgan fingerprint density at radius 2 is 2.28 bits per heavy atom. The lowest BCUT2D eigenvalue weighted by atomic mass is 10.1. The van der Waals surface area contributed by atoms with Gasteiger partial charge in [0.05, 0.1) is 6.10 Å². The van der Waals surface area contributed by atoms with Crippen molar-refractivity contribution in [2.45, 2.75) is 32.4 Å². The van der Waals surface area contributed by atoms with Crippen molar-refractivity contribution in [2.75, 3.05) is 6.54 Å². The highest BCUT2D eigenvalue weighted by atomic mass is 19.1. The second-order valence-electron chi connectivity index (χ2n) is 4.34. The number of carbonyl (C=O) groups is 1. The molecule has 0 saturated carbocycles. The van der Waals surface area contributed by atoms with Gasteiger partial charge in [0.2, 0.25) is 5.91 Å². The molecule has 0 aliphatic heterocycles. The van der Waals surface area contributed by atoms with E-state index in [1.165, 1.54) is 18.2 Å². The Morgan fingerprint density at radius 3 is 2.89 bits per heavy atom. The lowest BCUT2D eigenvalue weighted by molar-refractivity contribution is 0.1000. The van der Waals surface area contributed by atoms with Gasteiger partial charge in [-0.15, -0.1) is 0 Å². The number of carbonyl (C=O) groups excluding carboxylic acids is 1. The van der Waals surface area contributed by atoms with Gasteiger partial charge in [0.25, 0.3) is 0 Å². The van der Waals surface area contributed by atoms with Crippen LogP contribution in [0.1, 0.15) is 35.7 Å². The molecule has 1 aromatic carbocycles. The van der Waals surface area contributed by atoms with Crippen LogP contribution in [0.5, 0.6) is 0 Å². The standard InChI is InChI=1S/C13H19FN2O2/c1-9(17)3-2-6-16-8-11-7-10(13(15)18)4-5-12(11)14/h4-5,7,9,16-17H,2-3,6,8H2,1H3,(H2,15,18). The second-order valence-corrected chi connectivity index (χ2v) is 4.34. The highest BCUT2D eigenvalue weighted by molar-refractivity contribution is 5.92. The van der Waals surface area contributed by atoms with E-state index < -0.39 is 5.91 Å². The van der Waals surface area contributed by atoms with Crippen LogP contribution in [0.25, 0.3) is 0 Å². The smallest absolute Gasteiger partial charge is 0.248 e. The van der Waals surface area contributed by atoms with Crippen LogP contribution in [-0.4, -0.2) is 23.7 Å². The van der Waals surface area contributed by atoms with E-state index in [-0.39, 0.29) is 11.9 Å². The molecule has 18 heavy (non-hydrogen) atoms. The number of nitrogens with one attached hydrogen (secondary N) is 1. The molecule has 1 amide bonds. The maximum Gasteiger partial charge on any atom is 0.248 e. The number of amides is 1. The average Bonchev–Trinajstić information content (AvgIpc) is 2.30. The van der Waals surface area contributed by atoms with E-state index in [1.807, 2.05) is 0 Å². The molecule has 100 valence electrons. The predicted molar refractivity (Wildman–Crippen MR) is 67.5 cm³/mol. The lowest BCUT2D eigenvalue weighted by Crippen LogP contribution is -2.18. The molecule has 0 fully saturated rings. The molecular weight excluding hydrogens is 235 g/mol. The molecule has 0 saturated heterocycles. The molecule has 0 heterocycles. The van der Waals surface area contributed by atoms with Crippen molar-refractivity contribution in [1.82, 2.24) is 5.32 Å². The van der Waals surface area contributed by atoms with Gasteiger partial charge in [0.1, 0.15) is 5.82 Å². The van der Waals surface area contributed by atoms with Crippen LogP contribution >= 0.6 is 0 Å². The number of halogens is 1. The summed E-state index contributed by atoms with van der Waals surface area (Å²) in [6.07, 6.45) is 1.20. The Labute approximate surface area is 106 Å². The van der Waals surface area contributed by atoms with E-state index >= 15 is 0 Å². The van der Waals surface area contributed by atoms with Gasteiger partial charge in [0, 0.05) is 17.7 Å². The number of hydrogen-bond donors (Lipinski definition) is 3. The average molecular weight is 254 g/mol. The van der Waals surface area contributed by atoms with Gasteiger partial charge in [0.15, 0.2) is 0 Å². The molecule has 5 heteroatoms. The molecule has 0 spiro atoms. The number of aliphatic hydroxyl groups excluding tert-OH is 1. The third-order valence-corrected chi connectivity index (χ3v) is 2.62. The summed E-state index contributed by atoms with van der Waals surface area (Å²) in [6, 6.07) is 4.07. The molecule has 0 aliphatic rings. The zero-order valence-electron chi connectivity index (χ0n) is 10.4. The first-order valence-electron chi connectivity index (χ1n) is 5.97. The Hall–Kier alpha value is -1.46. The predicted octanol–water partition coefficient (Wildman–Crippen LogP) is 1.18. The van der Waals surface area contributed by atoms with E-state index in [4.69, 9.17) is 10.8 Å². The number of benzene rings is 1. The Bertz CT molecular complexity index is 408. The van der Waals surface area contributed by atoms with Gasteiger partial charge in [-0.3, -0.25) is 4.79 Å². The number of nitrogens with two attached hydrogens (primary N) is 1. The monoisotopic (exact) mass is 254 g/mol. The summed E-state index contributed by atoms with van der Waals surface area (Å²) in [5, 5.41) is 12.1. The number of hydrogen-bond acceptors (Lipinski definition) is 3. The first kappa shape index (κ1) is 14.6. The summed E-state index contributed by atoms with van der Waals surface area (Å²) >= 11 is 0. The first-order valence-corrected chi connectivity index (χ1v) is 5.97. The molecule has 0 bridgehead atoms. The minimum absolute atomic E-state index is 0.303. The maximum absolute atomic E-state index is 13.4. The van der Waals surface area contributed by atoms with Crippen LogP contribution < -0.4 is 11.1 Å². The van der Waals surface area contributed by atoms with Crippen LogP contribution in [-0.2, 0) is 6.54 Å². The SMILES string of the molecule is CC(O)CCCNCc1cc(C(N)=O)ccc1F. The van der Waals surface area contributed by atoms with Crippen molar-refractivity contribution in [3.05, 3.63) is 35.1 Å². The molecule has 0 aromatic heterocycles. The van der Waals surface area contributed by atoms with Crippen molar-refractivity contribution < 1.29 is 14.3 Å². The molecule has 1 rings (SSSR count). The van der Waals surface area contributed by atoms with E-state index in [1.54, 1.807) is 6.92 Å². The van der Waals surface area contributed by atoms with Crippen LogP contribution in [0.4, 0.5) is 4.39 Å². The van der Waals surface area contributed by atoms with Gasteiger partial charge in [-0.2, -0.15) is 0 Å². The highest BCUT2D eigenvalue weighted by Crippen LogP contribution is 2.10. The molecule has 0 aliphatic carbocycles. The fraction of sp³-hybridized carbons (Fsp3) is 0.462. The highest BCUT2D eigenvalue weighted by Gasteiger charge is 2.06. The van der Waals surface area contributed by atoms with Crippen LogP contribution in [0.3, 0.4) is 0 Å². The van der Waals surface area contributed by atoms with Crippen molar-refractivity contribution in [3.63, 3.8) is 0 Å². The van der Waals surface area contributed by atoms with E-state index in [9.17, 15) is 9.18 Å². The third-order valence-electron chi connectivity index (χ3n) is 2.62. The van der Waals surface area contributed by atoms with Gasteiger partial charge in [-0.05, 0) is 44.5 Å². The van der Waals surface area contributed by atoms with E-state index in [0.29, 0.717) is 30.6 Å². The summed E-state index contributed by atoms with van der Waals surface area (Å²) < 4.78 is 13.4. The molecule has 0 radical (unpaired) electrons. The summed E-state index contributed by atoms with van der Waals surface area (Å²) in [4.78, 5) is 11.0. The normalized spacial score (nSPS) is 12.4. The lowest BCUT2D eigenvalue weighted by Gasteiger charge is -2.08. The van der Waals surface area contributed by atoms with Crippen LogP contribution in [0, 0.1) is 5.82 Å². The summed E-state index contributed by atoms with van der Waals surface area (Å²) in [5.41, 5.74) is 5.86. The Kier molecular flexibility index (Phi) is 5.74. The fourth-order valence-electron chi connectivity index (χ4n) is 1.61. The summed E-state index contributed by atoms with van der Waals surface area (Å²) in [7, 11) is 0. The summed E-state index contributed by atoms with van der Waals surface area (Å²) in [5.74, 6) is -0.923. The Balaban J connectivity index is 2.46. The molecule has 4 N–H and O–H groups in total. The topological polar surface area (TPSA) is 75.3 Å². The Morgan fingerprint density at radius 1 is 1.56 bits per heavy atom. The zero-order valence-corrected chi connectivity index (χ0v) is 10.4. The van der Waals surface area contributed by atoms with Gasteiger partial charge in [-0.25, -0.2) is 4.39 Å². The zero-order chi connectivity index (χ0) is 13.5. The fourth-order valence-corrected chi connectivity index (χ4v) is 1.61. The number of rotatable bonds is 7. The van der Waals surface area contributed by atoms with Crippen LogP contribution in [0.15, 0.2) is 18.2 Å². The minimum Gasteiger partial charge on any atom is -0.393 e. The van der Waals surface area contributed by atoms with Crippen LogP contribution in [0.2, 0.25) is 0 Å². The minimum atomic E-state index is -0.564. The first-order chi connectivity index (χ1) is 8.50. The number of aliphatic hydroxyl groups is 1. The molecule has 1 atom stereocenters. The van der Waals surface area contributed by atoms with Gasteiger partial charge in [-0.1, -0.05) is 0 Å². The number of primary amides is 1. The van der Waals surface area contributed by atoms with Crippen molar-refractivity contribution in [1.29, 1.82) is 0 Å². The molecular formula is C13H19FN2O2. The van der Waals surface area contributed by atoms with Crippen molar-refractivity contribution in [2.24, 2.45) is 5.73 Å². The van der Waals surface area contributed by atoms with E-state index in [0.717, 1.165) is 6.42 Å². The van der Waals surface area contributed by atoms with Gasteiger partial charge >= 0.3 is 0 Å². The molecule has 4 nitrogen and oxygen atoms in total. The third kappa shape index (κ3) is 4.81. The van der Waals surface area contributed by atoms with E-state index in [2.05, 4.69) is 5.32 Å². The summed E-state index contributed by atoms with van der Waals surface area (Å²) in [6.45, 7) is 2.76.